The van der Waals surface area contributed by atoms with Gasteiger partial charge in [0.2, 0.25) is 0 Å². The Morgan fingerprint density at radius 2 is 1.79 bits per heavy atom. The number of benzene rings is 2. The van der Waals surface area contributed by atoms with Crippen LogP contribution in [0.4, 0.5) is 4.39 Å². The van der Waals surface area contributed by atoms with Crippen molar-refractivity contribution in [1.82, 2.24) is 20.9 Å². The summed E-state index contributed by atoms with van der Waals surface area (Å²) in [6.45, 7) is 3.04. The lowest BCUT2D eigenvalue weighted by Gasteiger charge is -2.18. The third-order valence-corrected chi connectivity index (χ3v) is 4.50. The molecule has 0 aliphatic heterocycles. The smallest absolute Gasteiger partial charge is 0.251 e. The fourth-order valence-electron chi connectivity index (χ4n) is 2.90. The number of hydrogen-bond acceptors (Lipinski definition) is 3. The molecule has 0 atom stereocenters. The Balaban J connectivity index is 1.70. The summed E-state index contributed by atoms with van der Waals surface area (Å²) in [5.41, 5.74) is 2.83. The van der Waals surface area contributed by atoms with Gasteiger partial charge in [0.05, 0.1) is 0 Å². The predicted molar refractivity (Wildman–Crippen MR) is 116 cm³/mol. The lowest BCUT2D eigenvalue weighted by atomic mass is 10.1. The molecule has 29 heavy (non-hydrogen) atoms. The molecule has 0 fully saturated rings. The first-order chi connectivity index (χ1) is 14.0. The van der Waals surface area contributed by atoms with Gasteiger partial charge in [-0.05, 0) is 48.9 Å². The third-order valence-electron chi connectivity index (χ3n) is 4.50. The van der Waals surface area contributed by atoms with E-state index in [1.807, 2.05) is 25.2 Å². The molecule has 1 amide bonds. The summed E-state index contributed by atoms with van der Waals surface area (Å²) in [6, 6.07) is 14.2. The number of likely N-dealkylation sites (N-methyl/N-ethyl adjacent to an activating group) is 1. The van der Waals surface area contributed by atoms with Crippen molar-refractivity contribution in [3.63, 3.8) is 0 Å². The van der Waals surface area contributed by atoms with Gasteiger partial charge in [-0.25, -0.2) is 4.39 Å². The Labute approximate surface area is 172 Å². The molecule has 0 unspecified atom stereocenters. The van der Waals surface area contributed by atoms with E-state index in [-0.39, 0.29) is 11.7 Å². The topological polar surface area (TPSA) is 68.8 Å². The van der Waals surface area contributed by atoms with Crippen molar-refractivity contribution in [1.29, 1.82) is 0 Å². The fraction of sp³-hybridized carbons (Fsp3) is 0.364. The van der Waals surface area contributed by atoms with E-state index >= 15 is 0 Å². The molecular weight excluding hydrogens is 369 g/mol. The molecule has 0 aliphatic rings. The molecule has 156 valence electrons. The number of carbonyl (C=O) groups excluding carboxylic acids is 1. The summed E-state index contributed by atoms with van der Waals surface area (Å²) >= 11 is 0. The van der Waals surface area contributed by atoms with Gasteiger partial charge in [0.1, 0.15) is 5.82 Å². The second-order valence-electron chi connectivity index (χ2n) is 6.82. The van der Waals surface area contributed by atoms with Crippen LogP contribution in [-0.2, 0) is 13.0 Å². The highest BCUT2D eigenvalue weighted by molar-refractivity contribution is 5.94. The van der Waals surface area contributed by atoms with Crippen LogP contribution in [0.2, 0.25) is 0 Å². The van der Waals surface area contributed by atoms with Crippen LogP contribution >= 0.6 is 0 Å². The first-order valence-corrected chi connectivity index (χ1v) is 9.70. The molecule has 3 N–H and O–H groups in total. The van der Waals surface area contributed by atoms with Gasteiger partial charge in [-0.2, -0.15) is 0 Å². The minimum atomic E-state index is -0.215. The second kappa shape index (κ2) is 11.8. The van der Waals surface area contributed by atoms with Gasteiger partial charge in [0, 0.05) is 45.8 Å². The third kappa shape index (κ3) is 7.91. The van der Waals surface area contributed by atoms with Crippen LogP contribution in [0, 0.1) is 5.82 Å². The molecule has 0 aliphatic carbocycles. The number of hydrogen-bond donors (Lipinski definition) is 3. The van der Waals surface area contributed by atoms with Crippen molar-refractivity contribution >= 4 is 11.9 Å². The molecular formula is C22H30FN5O. The van der Waals surface area contributed by atoms with Gasteiger partial charge in [-0.1, -0.05) is 24.3 Å². The molecule has 0 saturated heterocycles. The molecule has 2 rings (SSSR count). The zero-order valence-electron chi connectivity index (χ0n) is 17.3. The Bertz CT molecular complexity index is 807. The van der Waals surface area contributed by atoms with Crippen LogP contribution in [0.3, 0.4) is 0 Å². The van der Waals surface area contributed by atoms with Crippen LogP contribution in [-0.4, -0.2) is 57.5 Å². The summed E-state index contributed by atoms with van der Waals surface area (Å²) in [5, 5.41) is 9.22. The number of halogens is 1. The van der Waals surface area contributed by atoms with E-state index in [2.05, 4.69) is 25.8 Å². The normalized spacial score (nSPS) is 11.4. The standard InChI is InChI=1S/C22H30FN5O/c1-24-21(29)19-6-4-5-17(15-19)11-12-26-22(25-2)27-13-14-28(3)16-18-7-9-20(23)10-8-18/h4-10,15H,11-14,16H2,1-3H3,(H,24,29)(H2,25,26,27). The molecule has 0 spiro atoms. The lowest BCUT2D eigenvalue weighted by Crippen LogP contribution is -2.41. The van der Waals surface area contributed by atoms with Gasteiger partial charge in [0.25, 0.3) is 5.91 Å². The Hall–Kier alpha value is -2.93. The molecule has 0 bridgehead atoms. The van der Waals surface area contributed by atoms with Crippen LogP contribution in [0.25, 0.3) is 0 Å². The zero-order chi connectivity index (χ0) is 21.1. The predicted octanol–water partition coefficient (Wildman–Crippen LogP) is 2.02. The highest BCUT2D eigenvalue weighted by Gasteiger charge is 2.05. The van der Waals surface area contributed by atoms with Crippen LogP contribution in [0.5, 0.6) is 0 Å². The first kappa shape index (κ1) is 22.4. The van der Waals surface area contributed by atoms with Crippen molar-refractivity contribution in [3.8, 4) is 0 Å². The van der Waals surface area contributed by atoms with E-state index in [9.17, 15) is 9.18 Å². The average molecular weight is 400 g/mol. The van der Waals surface area contributed by atoms with E-state index in [0.29, 0.717) is 12.1 Å². The van der Waals surface area contributed by atoms with Crippen LogP contribution in [0.1, 0.15) is 21.5 Å². The van der Waals surface area contributed by atoms with E-state index in [1.165, 1.54) is 12.1 Å². The van der Waals surface area contributed by atoms with Crippen molar-refractivity contribution in [2.24, 2.45) is 4.99 Å². The summed E-state index contributed by atoms with van der Waals surface area (Å²) in [4.78, 5) is 18.1. The van der Waals surface area contributed by atoms with Crippen molar-refractivity contribution < 1.29 is 9.18 Å². The summed E-state index contributed by atoms with van der Waals surface area (Å²) in [5.74, 6) is 0.443. The maximum Gasteiger partial charge on any atom is 0.251 e. The largest absolute Gasteiger partial charge is 0.356 e. The SMILES string of the molecule is CN=C(NCCc1cccc(C(=O)NC)c1)NCCN(C)Cc1ccc(F)cc1. The Morgan fingerprint density at radius 3 is 2.48 bits per heavy atom. The molecule has 7 heteroatoms. The van der Waals surface area contributed by atoms with Crippen molar-refractivity contribution in [2.75, 3.05) is 40.8 Å². The van der Waals surface area contributed by atoms with Gasteiger partial charge in [-0.3, -0.25) is 9.79 Å². The molecule has 6 nitrogen and oxygen atoms in total. The minimum absolute atomic E-state index is 0.0814. The number of nitrogens with zero attached hydrogens (tertiary/aromatic N) is 2. The maximum absolute atomic E-state index is 13.0. The molecule has 0 heterocycles. The van der Waals surface area contributed by atoms with Crippen molar-refractivity contribution in [2.45, 2.75) is 13.0 Å². The summed E-state index contributed by atoms with van der Waals surface area (Å²) in [7, 11) is 5.40. The number of nitrogens with one attached hydrogen (secondary N) is 3. The number of carbonyl (C=O) groups is 1. The molecule has 0 saturated carbocycles. The van der Waals surface area contributed by atoms with Crippen molar-refractivity contribution in [3.05, 3.63) is 71.0 Å². The van der Waals surface area contributed by atoms with Crippen LogP contribution < -0.4 is 16.0 Å². The summed E-state index contributed by atoms with van der Waals surface area (Å²) in [6.07, 6.45) is 0.788. The highest BCUT2D eigenvalue weighted by Crippen LogP contribution is 2.06. The minimum Gasteiger partial charge on any atom is -0.356 e. The first-order valence-electron chi connectivity index (χ1n) is 9.70. The van der Waals surface area contributed by atoms with E-state index < -0.39 is 0 Å². The second-order valence-corrected chi connectivity index (χ2v) is 6.82. The fourth-order valence-corrected chi connectivity index (χ4v) is 2.90. The highest BCUT2D eigenvalue weighted by atomic mass is 19.1. The molecule has 0 aromatic heterocycles. The average Bonchev–Trinajstić information content (AvgIpc) is 2.74. The quantitative estimate of drug-likeness (QED) is 0.446. The van der Waals surface area contributed by atoms with Gasteiger partial charge >= 0.3 is 0 Å². The van der Waals surface area contributed by atoms with Gasteiger partial charge < -0.3 is 20.9 Å². The Kier molecular flexibility index (Phi) is 9.11. The van der Waals surface area contributed by atoms with Gasteiger partial charge in [-0.15, -0.1) is 0 Å². The van der Waals surface area contributed by atoms with Gasteiger partial charge in [0.15, 0.2) is 5.96 Å². The molecule has 2 aromatic carbocycles. The van der Waals surface area contributed by atoms with E-state index in [0.717, 1.165) is 43.1 Å². The number of guanidine groups is 1. The summed E-state index contributed by atoms with van der Waals surface area (Å²) < 4.78 is 13.0. The number of aliphatic imine (C=N–C) groups is 1. The van der Waals surface area contributed by atoms with Crippen LogP contribution in [0.15, 0.2) is 53.5 Å². The van der Waals surface area contributed by atoms with E-state index in [1.54, 1.807) is 32.3 Å². The Morgan fingerprint density at radius 1 is 1.07 bits per heavy atom. The molecule has 0 radical (unpaired) electrons. The monoisotopic (exact) mass is 399 g/mol. The lowest BCUT2D eigenvalue weighted by molar-refractivity contribution is 0.0963. The maximum atomic E-state index is 13.0. The number of amides is 1. The van der Waals surface area contributed by atoms with E-state index in [4.69, 9.17) is 0 Å². The number of rotatable bonds is 9. The zero-order valence-corrected chi connectivity index (χ0v) is 17.3. The molecule has 2 aromatic rings.